The molecule has 1 amide bonds. The molecule has 1 saturated heterocycles. The van der Waals surface area contributed by atoms with Crippen molar-refractivity contribution in [2.75, 3.05) is 32.7 Å². The van der Waals surface area contributed by atoms with E-state index in [0.717, 1.165) is 63.6 Å². The van der Waals surface area contributed by atoms with Crippen LogP contribution >= 0.6 is 0 Å². The Hall–Kier alpha value is -2.26. The van der Waals surface area contributed by atoms with Gasteiger partial charge in [-0.25, -0.2) is 10.0 Å². The molecule has 5 aliphatic rings. The summed E-state index contributed by atoms with van der Waals surface area (Å²) in [5.74, 6) is 0.733. The predicted octanol–water partition coefficient (Wildman–Crippen LogP) is 0.415. The smallest absolute Gasteiger partial charge is 0.271 e. The molecule has 3 N–H and O–H groups in total. The van der Waals surface area contributed by atoms with E-state index in [0.29, 0.717) is 24.2 Å². The first-order chi connectivity index (χ1) is 14.8. The number of rotatable bonds is 3. The molecule has 30 heavy (non-hydrogen) atoms. The Bertz CT molecular complexity index is 782. The molecule has 162 valence electrons. The van der Waals surface area contributed by atoms with Gasteiger partial charge in [0.1, 0.15) is 5.71 Å². The Balaban J connectivity index is 1.26. The molecule has 3 atom stereocenters. The SMILES string of the molecule is O=C(NC1=CN=CCC1N1CCNCC1)C1=NN(C2=NC3CCCCC3N2)CCC1. The standard InChI is InChI=1S/C21H32N8O/c30-20(24-18-14-23-8-7-19(18)28-12-9-22-10-13-28)17-6-3-11-29(27-17)21-25-15-4-1-2-5-16(15)26-21/h8,14-16,19,22H,1-7,9-13H2,(H,24,30)(H,25,26). The molecule has 9 heteroatoms. The van der Waals surface area contributed by atoms with Gasteiger partial charge in [-0.3, -0.25) is 14.7 Å². The summed E-state index contributed by atoms with van der Waals surface area (Å²) in [6.45, 7) is 4.72. The predicted molar refractivity (Wildman–Crippen MR) is 118 cm³/mol. The van der Waals surface area contributed by atoms with E-state index in [9.17, 15) is 4.79 Å². The lowest BCUT2D eigenvalue weighted by Crippen LogP contribution is -2.52. The molecule has 0 radical (unpaired) electrons. The highest BCUT2D eigenvalue weighted by Gasteiger charge is 2.34. The highest BCUT2D eigenvalue weighted by molar-refractivity contribution is 6.39. The van der Waals surface area contributed by atoms with Crippen LogP contribution in [0.2, 0.25) is 0 Å². The molecule has 0 spiro atoms. The van der Waals surface area contributed by atoms with Gasteiger partial charge in [0.05, 0.1) is 23.8 Å². The van der Waals surface area contributed by atoms with Crippen LogP contribution in [0.5, 0.6) is 0 Å². The molecule has 0 aromatic heterocycles. The van der Waals surface area contributed by atoms with Crippen molar-refractivity contribution >= 4 is 23.8 Å². The van der Waals surface area contributed by atoms with Crippen LogP contribution < -0.4 is 16.0 Å². The third kappa shape index (κ3) is 4.13. The number of hydrazone groups is 1. The number of amides is 1. The number of hydrogen-bond acceptors (Lipinski definition) is 8. The van der Waals surface area contributed by atoms with E-state index >= 15 is 0 Å². The number of fused-ring (bicyclic) bond motifs is 1. The zero-order chi connectivity index (χ0) is 20.3. The van der Waals surface area contributed by atoms with E-state index in [-0.39, 0.29) is 11.9 Å². The van der Waals surface area contributed by atoms with Crippen LogP contribution in [0.15, 0.2) is 27.0 Å². The Morgan fingerprint density at radius 3 is 2.87 bits per heavy atom. The largest absolute Gasteiger partial charge is 0.350 e. The molecule has 1 aliphatic carbocycles. The van der Waals surface area contributed by atoms with Crippen molar-refractivity contribution in [1.29, 1.82) is 0 Å². The van der Waals surface area contributed by atoms with Crippen LogP contribution in [-0.4, -0.2) is 84.6 Å². The van der Waals surface area contributed by atoms with Gasteiger partial charge in [-0.15, -0.1) is 0 Å². The first kappa shape index (κ1) is 19.7. The number of nitrogens with one attached hydrogen (secondary N) is 3. The normalized spacial score (nSPS) is 31.9. The average Bonchev–Trinajstić information content (AvgIpc) is 3.25. The molecular formula is C21H32N8O. The maximum Gasteiger partial charge on any atom is 0.271 e. The second kappa shape index (κ2) is 8.85. The number of piperazine rings is 1. The van der Waals surface area contributed by atoms with Crippen molar-refractivity contribution in [2.45, 2.75) is 63.1 Å². The van der Waals surface area contributed by atoms with Gasteiger partial charge in [-0.05, 0) is 25.7 Å². The van der Waals surface area contributed by atoms with Crippen LogP contribution in [0.3, 0.4) is 0 Å². The summed E-state index contributed by atoms with van der Waals surface area (Å²) in [5, 5.41) is 16.6. The zero-order valence-electron chi connectivity index (χ0n) is 17.5. The fourth-order valence-corrected chi connectivity index (χ4v) is 5.05. The van der Waals surface area contributed by atoms with Crippen LogP contribution in [0.1, 0.15) is 44.9 Å². The molecule has 0 aromatic carbocycles. The summed E-state index contributed by atoms with van der Waals surface area (Å²) in [4.78, 5) is 24.6. The fraction of sp³-hybridized carbons (Fsp3) is 0.714. The Kier molecular flexibility index (Phi) is 5.81. The number of carbonyl (C=O) groups excluding carboxylic acids is 1. The number of carbonyl (C=O) groups is 1. The lowest BCUT2D eigenvalue weighted by Gasteiger charge is -2.36. The minimum absolute atomic E-state index is 0.112. The zero-order valence-corrected chi connectivity index (χ0v) is 17.5. The fourth-order valence-electron chi connectivity index (χ4n) is 5.05. The summed E-state index contributed by atoms with van der Waals surface area (Å²) < 4.78 is 0. The third-order valence-electron chi connectivity index (χ3n) is 6.72. The highest BCUT2D eigenvalue weighted by Crippen LogP contribution is 2.26. The summed E-state index contributed by atoms with van der Waals surface area (Å²) in [6.07, 6.45) is 11.0. The van der Waals surface area contributed by atoms with Crippen LogP contribution in [-0.2, 0) is 4.79 Å². The van der Waals surface area contributed by atoms with Gasteiger partial charge in [0.15, 0.2) is 0 Å². The minimum atomic E-state index is -0.112. The first-order valence-electron chi connectivity index (χ1n) is 11.4. The van der Waals surface area contributed by atoms with Crippen molar-refractivity contribution in [1.82, 2.24) is 25.9 Å². The maximum absolute atomic E-state index is 13.1. The summed E-state index contributed by atoms with van der Waals surface area (Å²) >= 11 is 0. The van der Waals surface area contributed by atoms with Gasteiger partial charge in [-0.1, -0.05) is 12.8 Å². The molecule has 5 rings (SSSR count). The number of nitrogens with zero attached hydrogens (tertiary/aromatic N) is 5. The van der Waals surface area contributed by atoms with E-state index in [1.165, 1.54) is 19.3 Å². The molecule has 1 saturated carbocycles. The average molecular weight is 413 g/mol. The second-order valence-corrected chi connectivity index (χ2v) is 8.74. The summed E-state index contributed by atoms with van der Waals surface area (Å²) in [6, 6.07) is 0.985. The topological polar surface area (TPSA) is 96.7 Å². The Morgan fingerprint density at radius 1 is 1.13 bits per heavy atom. The molecular weight excluding hydrogens is 380 g/mol. The van der Waals surface area contributed by atoms with Crippen molar-refractivity contribution in [3.63, 3.8) is 0 Å². The number of guanidine groups is 1. The van der Waals surface area contributed by atoms with E-state index < -0.39 is 0 Å². The Labute approximate surface area is 177 Å². The second-order valence-electron chi connectivity index (χ2n) is 8.74. The van der Waals surface area contributed by atoms with Gasteiger partial charge < -0.3 is 16.0 Å². The van der Waals surface area contributed by atoms with Crippen molar-refractivity contribution in [3.05, 3.63) is 11.9 Å². The van der Waals surface area contributed by atoms with Crippen molar-refractivity contribution in [2.24, 2.45) is 15.1 Å². The molecule has 2 fully saturated rings. The number of hydrogen-bond donors (Lipinski definition) is 3. The molecule has 0 bridgehead atoms. The summed E-state index contributed by atoms with van der Waals surface area (Å²) in [5.41, 5.74) is 1.46. The van der Waals surface area contributed by atoms with Gasteiger partial charge in [0, 0.05) is 51.6 Å². The van der Waals surface area contributed by atoms with Crippen LogP contribution in [0.4, 0.5) is 0 Å². The van der Waals surface area contributed by atoms with Gasteiger partial charge >= 0.3 is 0 Å². The van der Waals surface area contributed by atoms with Crippen molar-refractivity contribution < 1.29 is 4.79 Å². The van der Waals surface area contributed by atoms with Crippen molar-refractivity contribution in [3.8, 4) is 0 Å². The van der Waals surface area contributed by atoms with E-state index in [2.05, 4.69) is 30.9 Å². The van der Waals surface area contributed by atoms with Crippen LogP contribution in [0, 0.1) is 0 Å². The van der Waals surface area contributed by atoms with E-state index in [1.54, 1.807) is 6.20 Å². The molecule has 9 nitrogen and oxygen atoms in total. The Morgan fingerprint density at radius 2 is 2.00 bits per heavy atom. The van der Waals surface area contributed by atoms with E-state index in [4.69, 9.17) is 4.99 Å². The molecule has 4 aliphatic heterocycles. The first-order valence-corrected chi connectivity index (χ1v) is 11.4. The van der Waals surface area contributed by atoms with Crippen LogP contribution in [0.25, 0.3) is 0 Å². The quantitative estimate of drug-likeness (QED) is 0.624. The lowest BCUT2D eigenvalue weighted by molar-refractivity contribution is -0.114. The third-order valence-corrected chi connectivity index (χ3v) is 6.72. The summed E-state index contributed by atoms with van der Waals surface area (Å²) in [7, 11) is 0. The molecule has 3 unspecified atom stereocenters. The molecule has 4 heterocycles. The van der Waals surface area contributed by atoms with E-state index in [1.807, 2.05) is 11.2 Å². The van der Waals surface area contributed by atoms with Gasteiger partial charge in [0.2, 0.25) is 5.96 Å². The monoisotopic (exact) mass is 412 g/mol. The highest BCUT2D eigenvalue weighted by atomic mass is 16.2. The molecule has 0 aromatic rings. The number of aliphatic imine (C=N–C) groups is 2. The lowest BCUT2D eigenvalue weighted by atomic mass is 9.92. The minimum Gasteiger partial charge on any atom is -0.350 e. The van der Waals surface area contributed by atoms with Gasteiger partial charge in [0.25, 0.3) is 5.91 Å². The maximum atomic E-state index is 13.1. The van der Waals surface area contributed by atoms with Gasteiger partial charge in [-0.2, -0.15) is 5.10 Å².